The number of rotatable bonds is 2. The second-order valence-corrected chi connectivity index (χ2v) is 9.12. The molecule has 0 aliphatic carbocycles. The maximum atomic E-state index is 12.8. The Morgan fingerprint density at radius 2 is 1.63 bits per heavy atom. The second-order valence-electron chi connectivity index (χ2n) is 7.55. The van der Waals surface area contributed by atoms with Crippen LogP contribution in [0.15, 0.2) is 76.0 Å². The van der Waals surface area contributed by atoms with Gasteiger partial charge in [0, 0.05) is 24.0 Å². The van der Waals surface area contributed by atoms with Crippen LogP contribution in [0.4, 0.5) is 0 Å². The number of esters is 1. The van der Waals surface area contributed by atoms with Crippen LogP contribution < -0.4 is 4.74 Å². The number of sulfonamides is 1. The van der Waals surface area contributed by atoms with Crippen molar-refractivity contribution in [2.24, 2.45) is 10.3 Å². The fourth-order valence-electron chi connectivity index (χ4n) is 4.12. The standard InChI is InChI=1S/C23H20N2O4S/c26-23(29-20-10-5-7-16-6-1-2-8-18(16)20)17-12-14-25(15-13-17)22-19-9-3-4-11-21(19)30(27,28)24-22/h1-11,17H,12-15H2. The van der Waals surface area contributed by atoms with E-state index in [2.05, 4.69) is 4.40 Å². The minimum Gasteiger partial charge on any atom is -0.426 e. The molecule has 0 saturated carbocycles. The number of piperidine rings is 1. The number of amidine groups is 1. The normalized spacial score (nSPS) is 18.1. The summed E-state index contributed by atoms with van der Waals surface area (Å²) < 4.78 is 34.3. The third kappa shape index (κ3) is 3.25. The molecule has 3 aromatic carbocycles. The van der Waals surface area contributed by atoms with Crippen LogP contribution in [-0.2, 0) is 14.8 Å². The Labute approximate surface area is 174 Å². The molecule has 0 amide bonds. The van der Waals surface area contributed by atoms with Gasteiger partial charge in [0.05, 0.1) is 5.92 Å². The average Bonchev–Trinajstić information content (AvgIpc) is 3.05. The Morgan fingerprint density at radius 3 is 2.47 bits per heavy atom. The average molecular weight is 420 g/mol. The van der Waals surface area contributed by atoms with E-state index in [0.717, 1.165) is 10.8 Å². The highest BCUT2D eigenvalue weighted by atomic mass is 32.2. The van der Waals surface area contributed by atoms with Crippen molar-refractivity contribution in [3.8, 4) is 5.75 Å². The molecule has 0 N–H and O–H groups in total. The molecule has 0 aromatic heterocycles. The highest BCUT2D eigenvalue weighted by Gasteiger charge is 2.35. The number of fused-ring (bicyclic) bond motifs is 2. The smallest absolute Gasteiger partial charge is 0.314 e. The van der Waals surface area contributed by atoms with Crippen molar-refractivity contribution in [3.63, 3.8) is 0 Å². The molecule has 0 atom stereocenters. The van der Waals surface area contributed by atoms with E-state index in [1.165, 1.54) is 0 Å². The third-order valence-corrected chi connectivity index (χ3v) is 7.03. The lowest BCUT2D eigenvalue weighted by Gasteiger charge is -2.32. The quantitative estimate of drug-likeness (QED) is 0.468. The summed E-state index contributed by atoms with van der Waals surface area (Å²) in [5, 5.41) is 1.93. The molecule has 5 rings (SSSR count). The number of carbonyl (C=O) groups excluding carboxylic acids is 1. The Hall–Kier alpha value is -3.19. The van der Waals surface area contributed by atoms with Crippen LogP contribution in [0.3, 0.4) is 0 Å². The van der Waals surface area contributed by atoms with Gasteiger partial charge in [0.15, 0.2) is 5.84 Å². The number of carbonyl (C=O) groups is 1. The van der Waals surface area contributed by atoms with Crippen molar-refractivity contribution < 1.29 is 17.9 Å². The molecule has 2 heterocycles. The number of nitrogens with zero attached hydrogens (tertiary/aromatic N) is 2. The van der Waals surface area contributed by atoms with Crippen LogP contribution in [0.5, 0.6) is 5.75 Å². The second kappa shape index (κ2) is 7.25. The van der Waals surface area contributed by atoms with Gasteiger partial charge in [-0.15, -0.1) is 4.40 Å². The zero-order chi connectivity index (χ0) is 20.7. The molecule has 30 heavy (non-hydrogen) atoms. The predicted molar refractivity (Wildman–Crippen MR) is 114 cm³/mol. The zero-order valence-electron chi connectivity index (χ0n) is 16.2. The van der Waals surface area contributed by atoms with Crippen LogP contribution in [0.1, 0.15) is 18.4 Å². The first-order valence-electron chi connectivity index (χ1n) is 9.92. The first-order chi connectivity index (χ1) is 14.5. The summed E-state index contributed by atoms with van der Waals surface area (Å²) >= 11 is 0. The summed E-state index contributed by atoms with van der Waals surface area (Å²) in [4.78, 5) is 15.0. The molecular formula is C23H20N2O4S. The Morgan fingerprint density at radius 1 is 0.933 bits per heavy atom. The first-order valence-corrected chi connectivity index (χ1v) is 11.4. The summed E-state index contributed by atoms with van der Waals surface area (Å²) in [6.45, 7) is 1.11. The zero-order valence-corrected chi connectivity index (χ0v) is 17.0. The lowest BCUT2D eigenvalue weighted by Crippen LogP contribution is -2.41. The van der Waals surface area contributed by atoms with Crippen LogP contribution in [0.25, 0.3) is 10.8 Å². The Balaban J connectivity index is 1.29. The maximum absolute atomic E-state index is 12.8. The Bertz CT molecular complexity index is 1270. The molecule has 0 bridgehead atoms. The van der Waals surface area contributed by atoms with Gasteiger partial charge < -0.3 is 9.64 Å². The van der Waals surface area contributed by atoms with E-state index in [-0.39, 0.29) is 16.8 Å². The van der Waals surface area contributed by atoms with Gasteiger partial charge in [-0.1, -0.05) is 48.5 Å². The predicted octanol–water partition coefficient (Wildman–Crippen LogP) is 3.61. The van der Waals surface area contributed by atoms with Gasteiger partial charge >= 0.3 is 5.97 Å². The van der Waals surface area contributed by atoms with Crippen LogP contribution in [0, 0.1) is 5.92 Å². The number of ether oxygens (including phenoxy) is 1. The van der Waals surface area contributed by atoms with Gasteiger partial charge in [0.2, 0.25) is 0 Å². The van der Waals surface area contributed by atoms with Gasteiger partial charge in [0.1, 0.15) is 10.6 Å². The fraction of sp³-hybridized carbons (Fsp3) is 0.217. The minimum atomic E-state index is -3.64. The van der Waals surface area contributed by atoms with Crippen molar-refractivity contribution in [1.29, 1.82) is 0 Å². The van der Waals surface area contributed by atoms with Crippen LogP contribution in [0.2, 0.25) is 0 Å². The van der Waals surface area contributed by atoms with Crippen molar-refractivity contribution in [2.45, 2.75) is 17.7 Å². The van der Waals surface area contributed by atoms with Crippen molar-refractivity contribution in [1.82, 2.24) is 4.90 Å². The van der Waals surface area contributed by atoms with E-state index < -0.39 is 10.0 Å². The molecule has 0 unspecified atom stereocenters. The molecule has 0 spiro atoms. The summed E-state index contributed by atoms with van der Waals surface area (Å²) in [6, 6.07) is 20.3. The van der Waals surface area contributed by atoms with Gasteiger partial charge in [-0.3, -0.25) is 4.79 Å². The molecular weight excluding hydrogens is 400 g/mol. The topological polar surface area (TPSA) is 76.0 Å². The molecule has 6 nitrogen and oxygen atoms in total. The van der Waals surface area contributed by atoms with Gasteiger partial charge in [-0.2, -0.15) is 8.42 Å². The van der Waals surface area contributed by atoms with E-state index in [1.54, 1.807) is 18.2 Å². The monoisotopic (exact) mass is 420 g/mol. The molecule has 0 radical (unpaired) electrons. The van der Waals surface area contributed by atoms with E-state index in [4.69, 9.17) is 4.74 Å². The maximum Gasteiger partial charge on any atom is 0.314 e. The largest absolute Gasteiger partial charge is 0.426 e. The summed E-state index contributed by atoms with van der Waals surface area (Å²) in [5.74, 6) is 0.577. The summed E-state index contributed by atoms with van der Waals surface area (Å²) in [6.07, 6.45) is 1.18. The van der Waals surface area contributed by atoms with Gasteiger partial charge in [0.25, 0.3) is 10.0 Å². The van der Waals surface area contributed by atoms with Gasteiger partial charge in [-0.25, -0.2) is 0 Å². The number of hydrogen-bond acceptors (Lipinski definition) is 5. The molecule has 152 valence electrons. The van der Waals surface area contributed by atoms with Gasteiger partial charge in [-0.05, 0) is 36.4 Å². The van der Waals surface area contributed by atoms with Crippen molar-refractivity contribution in [3.05, 3.63) is 72.3 Å². The molecule has 2 aliphatic heterocycles. The number of likely N-dealkylation sites (tertiary alicyclic amines) is 1. The Kier molecular flexibility index (Phi) is 4.55. The molecule has 7 heteroatoms. The van der Waals surface area contributed by atoms with E-state index in [9.17, 15) is 13.2 Å². The number of benzene rings is 3. The van der Waals surface area contributed by atoms with Crippen LogP contribution in [-0.4, -0.2) is 38.2 Å². The number of hydrogen-bond donors (Lipinski definition) is 0. The lowest BCUT2D eigenvalue weighted by atomic mass is 9.96. The van der Waals surface area contributed by atoms with E-state index >= 15 is 0 Å². The SMILES string of the molecule is O=C(Oc1cccc2ccccc12)C1CCN(C2=NS(=O)(=O)c3ccccc32)CC1. The van der Waals surface area contributed by atoms with E-state index in [0.29, 0.717) is 43.1 Å². The molecule has 1 fully saturated rings. The fourth-order valence-corrected chi connectivity index (χ4v) is 5.35. The molecule has 2 aliphatic rings. The van der Waals surface area contributed by atoms with Crippen molar-refractivity contribution >= 4 is 32.6 Å². The van der Waals surface area contributed by atoms with Crippen molar-refractivity contribution in [2.75, 3.05) is 13.1 Å². The van der Waals surface area contributed by atoms with E-state index in [1.807, 2.05) is 53.4 Å². The third-order valence-electron chi connectivity index (χ3n) is 5.70. The lowest BCUT2D eigenvalue weighted by molar-refractivity contribution is -0.140. The first kappa shape index (κ1) is 18.8. The summed E-state index contributed by atoms with van der Waals surface area (Å²) in [5.41, 5.74) is 0.634. The summed E-state index contributed by atoms with van der Waals surface area (Å²) in [7, 11) is -3.64. The van der Waals surface area contributed by atoms with Crippen LogP contribution >= 0.6 is 0 Å². The minimum absolute atomic E-state index is 0.228. The highest BCUT2D eigenvalue weighted by Crippen LogP contribution is 2.31. The molecule has 1 saturated heterocycles. The molecule has 3 aromatic rings. The highest BCUT2D eigenvalue weighted by molar-refractivity contribution is 7.90.